The Balaban J connectivity index is 1.64. The number of morpholine rings is 1. The van der Waals surface area contributed by atoms with Crippen molar-refractivity contribution >= 4 is 11.9 Å². The molecule has 2 atom stereocenters. The second-order valence-corrected chi connectivity index (χ2v) is 5.46. The Kier molecular flexibility index (Phi) is 4.84. The van der Waals surface area contributed by atoms with Crippen LogP contribution in [0.1, 0.15) is 13.3 Å². The molecule has 0 aliphatic carbocycles. The van der Waals surface area contributed by atoms with Gasteiger partial charge in [-0.15, -0.1) is 0 Å². The third kappa shape index (κ3) is 3.20. The number of hydrogen-bond acceptors (Lipinski definition) is 6. The SMILES string of the molecule is CCOCCC(=O)N1C[C@@H]2OCCN(c3ncccn3)[C@H]2C1. The average Bonchev–Trinajstić information content (AvgIpc) is 3.00. The van der Waals surface area contributed by atoms with Crippen LogP contribution in [0, 0.1) is 0 Å². The molecule has 2 aliphatic heterocycles. The van der Waals surface area contributed by atoms with Crippen LogP contribution < -0.4 is 4.90 Å². The topological polar surface area (TPSA) is 67.8 Å². The van der Waals surface area contributed by atoms with Gasteiger partial charge in [-0.3, -0.25) is 4.79 Å². The molecule has 0 spiro atoms. The van der Waals surface area contributed by atoms with Crippen molar-refractivity contribution in [2.75, 3.05) is 44.4 Å². The van der Waals surface area contributed by atoms with Gasteiger partial charge in [-0.05, 0) is 13.0 Å². The summed E-state index contributed by atoms with van der Waals surface area (Å²) < 4.78 is 11.1. The van der Waals surface area contributed by atoms with Crippen LogP contribution in [0.5, 0.6) is 0 Å². The second-order valence-electron chi connectivity index (χ2n) is 5.46. The number of fused-ring (bicyclic) bond motifs is 1. The highest BCUT2D eigenvalue weighted by Gasteiger charge is 2.42. The lowest BCUT2D eigenvalue weighted by atomic mass is 10.1. The zero-order valence-corrected chi connectivity index (χ0v) is 12.9. The molecule has 0 unspecified atom stereocenters. The maximum Gasteiger partial charge on any atom is 0.225 e. The summed E-state index contributed by atoms with van der Waals surface area (Å²) in [4.78, 5) is 24.9. The van der Waals surface area contributed by atoms with Gasteiger partial charge in [-0.2, -0.15) is 0 Å². The van der Waals surface area contributed by atoms with Crippen molar-refractivity contribution in [3.63, 3.8) is 0 Å². The zero-order chi connectivity index (χ0) is 15.4. The molecule has 3 rings (SSSR count). The fraction of sp³-hybridized carbons (Fsp3) is 0.667. The van der Waals surface area contributed by atoms with E-state index in [1.54, 1.807) is 18.5 Å². The third-order valence-corrected chi connectivity index (χ3v) is 4.13. The number of carbonyl (C=O) groups is 1. The van der Waals surface area contributed by atoms with E-state index in [1.165, 1.54) is 0 Å². The summed E-state index contributed by atoms with van der Waals surface area (Å²) in [5.74, 6) is 0.838. The van der Waals surface area contributed by atoms with Crippen molar-refractivity contribution in [3.05, 3.63) is 18.5 Å². The lowest BCUT2D eigenvalue weighted by molar-refractivity contribution is -0.131. The quantitative estimate of drug-likeness (QED) is 0.730. The molecule has 1 amide bonds. The van der Waals surface area contributed by atoms with Crippen molar-refractivity contribution in [2.45, 2.75) is 25.5 Å². The summed E-state index contributed by atoms with van der Waals surface area (Å²) in [6.45, 7) is 5.74. The predicted octanol–water partition coefficient (Wildman–Crippen LogP) is 0.319. The first-order valence-corrected chi connectivity index (χ1v) is 7.80. The standard InChI is InChI=1S/C15H22N4O3/c1-2-21-8-4-14(20)18-10-12-13(11-18)22-9-7-19(12)15-16-5-3-6-17-15/h3,5-6,12-13H,2,4,7-11H2,1H3/t12-,13-/m0/s1. The highest BCUT2D eigenvalue weighted by atomic mass is 16.5. The molecule has 120 valence electrons. The van der Waals surface area contributed by atoms with Crippen molar-refractivity contribution in [3.8, 4) is 0 Å². The fourth-order valence-corrected chi connectivity index (χ4v) is 3.04. The summed E-state index contributed by atoms with van der Waals surface area (Å²) in [7, 11) is 0. The van der Waals surface area contributed by atoms with E-state index in [0.717, 1.165) is 6.54 Å². The zero-order valence-electron chi connectivity index (χ0n) is 12.9. The Hall–Kier alpha value is -1.73. The Morgan fingerprint density at radius 1 is 1.41 bits per heavy atom. The largest absolute Gasteiger partial charge is 0.381 e. The van der Waals surface area contributed by atoms with E-state index >= 15 is 0 Å². The Morgan fingerprint density at radius 3 is 3.00 bits per heavy atom. The van der Waals surface area contributed by atoms with Crippen LogP contribution in [0.15, 0.2) is 18.5 Å². The molecule has 0 radical (unpaired) electrons. The number of carbonyl (C=O) groups excluding carboxylic acids is 1. The van der Waals surface area contributed by atoms with Crippen molar-refractivity contribution in [2.24, 2.45) is 0 Å². The molecule has 22 heavy (non-hydrogen) atoms. The maximum atomic E-state index is 12.2. The van der Waals surface area contributed by atoms with Crippen LogP contribution in [0.2, 0.25) is 0 Å². The van der Waals surface area contributed by atoms with Gasteiger partial charge in [-0.25, -0.2) is 9.97 Å². The van der Waals surface area contributed by atoms with Crippen molar-refractivity contribution in [1.29, 1.82) is 0 Å². The van der Waals surface area contributed by atoms with Crippen molar-refractivity contribution < 1.29 is 14.3 Å². The summed E-state index contributed by atoms with van der Waals surface area (Å²) in [5, 5.41) is 0. The summed E-state index contributed by atoms with van der Waals surface area (Å²) in [5.41, 5.74) is 0. The first kappa shape index (κ1) is 15.2. The van der Waals surface area contributed by atoms with Gasteiger partial charge in [0.15, 0.2) is 0 Å². The highest BCUT2D eigenvalue weighted by Crippen LogP contribution is 2.26. The molecule has 3 heterocycles. The first-order valence-electron chi connectivity index (χ1n) is 7.80. The smallest absolute Gasteiger partial charge is 0.225 e. The molecule has 7 heteroatoms. The van der Waals surface area contributed by atoms with Gasteiger partial charge >= 0.3 is 0 Å². The van der Waals surface area contributed by atoms with Crippen LogP contribution in [0.3, 0.4) is 0 Å². The molecule has 0 saturated carbocycles. The lowest BCUT2D eigenvalue weighted by Crippen LogP contribution is -2.51. The molecule has 0 aromatic carbocycles. The van der Waals surface area contributed by atoms with Crippen molar-refractivity contribution in [1.82, 2.24) is 14.9 Å². The van der Waals surface area contributed by atoms with Gasteiger partial charge < -0.3 is 19.3 Å². The number of amides is 1. The van der Waals surface area contributed by atoms with E-state index in [4.69, 9.17) is 9.47 Å². The van der Waals surface area contributed by atoms with E-state index < -0.39 is 0 Å². The van der Waals surface area contributed by atoms with E-state index in [0.29, 0.717) is 45.3 Å². The molecular weight excluding hydrogens is 284 g/mol. The molecule has 2 fully saturated rings. The Labute approximate surface area is 130 Å². The van der Waals surface area contributed by atoms with Gasteiger partial charge in [0, 0.05) is 38.6 Å². The molecule has 1 aromatic heterocycles. The number of rotatable bonds is 5. The lowest BCUT2D eigenvalue weighted by Gasteiger charge is -2.36. The van der Waals surface area contributed by atoms with Crippen LogP contribution in [0.4, 0.5) is 5.95 Å². The number of hydrogen-bond donors (Lipinski definition) is 0. The van der Waals surface area contributed by atoms with E-state index in [-0.39, 0.29) is 18.1 Å². The van der Waals surface area contributed by atoms with Crippen LogP contribution in [0.25, 0.3) is 0 Å². The van der Waals surface area contributed by atoms with E-state index in [2.05, 4.69) is 14.9 Å². The number of likely N-dealkylation sites (tertiary alicyclic amines) is 1. The molecule has 1 aromatic rings. The third-order valence-electron chi connectivity index (χ3n) is 4.13. The monoisotopic (exact) mass is 306 g/mol. The minimum absolute atomic E-state index is 0.0357. The summed E-state index contributed by atoms with van der Waals surface area (Å²) in [6.07, 6.45) is 3.95. The van der Waals surface area contributed by atoms with Gasteiger partial charge in [-0.1, -0.05) is 0 Å². The Bertz CT molecular complexity index is 499. The van der Waals surface area contributed by atoms with Gasteiger partial charge in [0.05, 0.1) is 31.8 Å². The molecule has 7 nitrogen and oxygen atoms in total. The Morgan fingerprint density at radius 2 is 2.23 bits per heavy atom. The molecular formula is C15H22N4O3. The first-order chi connectivity index (χ1) is 10.8. The molecule has 2 saturated heterocycles. The number of aromatic nitrogens is 2. The molecule has 2 aliphatic rings. The maximum absolute atomic E-state index is 12.2. The minimum Gasteiger partial charge on any atom is -0.381 e. The van der Waals surface area contributed by atoms with Crippen LogP contribution in [-0.4, -0.2) is 72.4 Å². The second kappa shape index (κ2) is 7.02. The normalized spacial score (nSPS) is 24.4. The van der Waals surface area contributed by atoms with Gasteiger partial charge in [0.2, 0.25) is 11.9 Å². The summed E-state index contributed by atoms with van der Waals surface area (Å²) in [6, 6.07) is 1.94. The fourth-order valence-electron chi connectivity index (χ4n) is 3.04. The predicted molar refractivity (Wildman–Crippen MR) is 80.6 cm³/mol. The minimum atomic E-state index is 0.0357. The number of anilines is 1. The summed E-state index contributed by atoms with van der Waals surface area (Å²) >= 11 is 0. The molecule has 0 N–H and O–H groups in total. The van der Waals surface area contributed by atoms with Crippen LogP contribution >= 0.6 is 0 Å². The average molecular weight is 306 g/mol. The number of ether oxygens (including phenoxy) is 2. The number of nitrogens with zero attached hydrogens (tertiary/aromatic N) is 4. The molecule has 0 bridgehead atoms. The van der Waals surface area contributed by atoms with Gasteiger partial charge in [0.1, 0.15) is 0 Å². The van der Waals surface area contributed by atoms with E-state index in [9.17, 15) is 4.79 Å². The van der Waals surface area contributed by atoms with Gasteiger partial charge in [0.25, 0.3) is 0 Å². The van der Waals surface area contributed by atoms with Crippen LogP contribution in [-0.2, 0) is 14.3 Å². The van der Waals surface area contributed by atoms with E-state index in [1.807, 2.05) is 11.8 Å². The highest BCUT2D eigenvalue weighted by molar-refractivity contribution is 5.77.